The third-order valence-corrected chi connectivity index (χ3v) is 7.45. The maximum absolute atomic E-state index is 13.3. The molecule has 0 atom stereocenters. The smallest absolute Gasteiger partial charge is 0.245 e. The number of amides is 1. The minimum Gasteiger partial charge on any atom is -0.337 e. The Morgan fingerprint density at radius 2 is 1.73 bits per heavy atom. The Morgan fingerprint density at radius 1 is 1.10 bits per heavy atom. The molecule has 0 bridgehead atoms. The quantitative estimate of drug-likeness (QED) is 0.701. The van der Waals surface area contributed by atoms with Crippen LogP contribution in [0.1, 0.15) is 33.3 Å². The predicted octanol–water partition coefficient (Wildman–Crippen LogP) is 2.49. The SMILES string of the molecule is Cc1cnc2c(S(=O)(=O)N3CCN(CC(=O)N(C(C)C)C(C)C)CC3)cccc2c1. The average Bonchev–Trinajstić information content (AvgIpc) is 2.67. The van der Waals surface area contributed by atoms with Crippen LogP contribution in [0.2, 0.25) is 0 Å². The van der Waals surface area contributed by atoms with E-state index in [1.54, 1.807) is 18.3 Å². The molecule has 0 N–H and O–H groups in total. The lowest BCUT2D eigenvalue weighted by Crippen LogP contribution is -2.53. The predicted molar refractivity (Wildman–Crippen MR) is 119 cm³/mol. The fraction of sp³-hybridized carbons (Fsp3) is 0.545. The van der Waals surface area contributed by atoms with Crippen LogP contribution < -0.4 is 0 Å². The number of sulfonamides is 1. The first-order valence-corrected chi connectivity index (χ1v) is 11.9. The van der Waals surface area contributed by atoms with Crippen molar-refractivity contribution in [2.24, 2.45) is 0 Å². The van der Waals surface area contributed by atoms with Crippen molar-refractivity contribution in [1.82, 2.24) is 19.1 Å². The molecule has 164 valence electrons. The largest absolute Gasteiger partial charge is 0.337 e. The zero-order chi connectivity index (χ0) is 22.1. The Labute approximate surface area is 179 Å². The number of aromatic nitrogens is 1. The van der Waals surface area contributed by atoms with Crippen LogP contribution in [-0.2, 0) is 14.8 Å². The molecule has 0 aliphatic carbocycles. The molecule has 1 amide bonds. The first-order valence-electron chi connectivity index (χ1n) is 10.5. The number of pyridine rings is 1. The zero-order valence-corrected chi connectivity index (χ0v) is 19.3. The Kier molecular flexibility index (Phi) is 6.79. The summed E-state index contributed by atoms with van der Waals surface area (Å²) >= 11 is 0. The van der Waals surface area contributed by atoms with Gasteiger partial charge in [0, 0.05) is 49.8 Å². The van der Waals surface area contributed by atoms with Crippen LogP contribution in [0.3, 0.4) is 0 Å². The number of rotatable bonds is 6. The normalized spacial score (nSPS) is 16.5. The maximum atomic E-state index is 13.3. The van der Waals surface area contributed by atoms with Crippen LogP contribution in [0, 0.1) is 6.92 Å². The number of hydrogen-bond acceptors (Lipinski definition) is 5. The van der Waals surface area contributed by atoms with Gasteiger partial charge >= 0.3 is 0 Å². The van der Waals surface area contributed by atoms with Crippen molar-refractivity contribution in [2.75, 3.05) is 32.7 Å². The summed E-state index contributed by atoms with van der Waals surface area (Å²) < 4.78 is 28.1. The van der Waals surface area contributed by atoms with E-state index >= 15 is 0 Å². The Hall–Kier alpha value is -2.03. The highest BCUT2D eigenvalue weighted by Gasteiger charge is 2.31. The van der Waals surface area contributed by atoms with Crippen molar-refractivity contribution < 1.29 is 13.2 Å². The second kappa shape index (κ2) is 8.99. The molecule has 1 aromatic heterocycles. The molecule has 0 radical (unpaired) electrons. The third kappa shape index (κ3) is 4.66. The van der Waals surface area contributed by atoms with Crippen molar-refractivity contribution in [2.45, 2.75) is 51.6 Å². The lowest BCUT2D eigenvalue weighted by Gasteiger charge is -2.36. The summed E-state index contributed by atoms with van der Waals surface area (Å²) in [6, 6.07) is 7.49. The van der Waals surface area contributed by atoms with E-state index in [1.165, 1.54) is 4.31 Å². The van der Waals surface area contributed by atoms with Crippen molar-refractivity contribution in [3.8, 4) is 0 Å². The highest BCUT2D eigenvalue weighted by molar-refractivity contribution is 7.89. The monoisotopic (exact) mass is 432 g/mol. The summed E-state index contributed by atoms with van der Waals surface area (Å²) in [5.41, 5.74) is 1.50. The second-order valence-corrected chi connectivity index (χ2v) is 10.4. The summed E-state index contributed by atoms with van der Waals surface area (Å²) in [7, 11) is -3.65. The number of carbonyl (C=O) groups excluding carboxylic acids is 1. The molecule has 0 saturated carbocycles. The Balaban J connectivity index is 1.71. The number of benzene rings is 1. The number of para-hydroxylation sites is 1. The molecule has 1 saturated heterocycles. The number of piperazine rings is 1. The molecule has 1 fully saturated rings. The number of fused-ring (bicyclic) bond motifs is 1. The third-order valence-electron chi connectivity index (χ3n) is 5.52. The van der Waals surface area contributed by atoms with Gasteiger partial charge in [0.1, 0.15) is 4.90 Å². The van der Waals surface area contributed by atoms with E-state index in [0.717, 1.165) is 10.9 Å². The van der Waals surface area contributed by atoms with Gasteiger partial charge in [0.05, 0.1) is 12.1 Å². The van der Waals surface area contributed by atoms with E-state index in [2.05, 4.69) is 4.98 Å². The Bertz CT molecular complexity index is 1000. The van der Waals surface area contributed by atoms with Gasteiger partial charge in [-0.3, -0.25) is 14.7 Å². The molecule has 2 heterocycles. The van der Waals surface area contributed by atoms with Gasteiger partial charge in [-0.25, -0.2) is 8.42 Å². The molecular formula is C22H32N4O3S. The lowest BCUT2D eigenvalue weighted by atomic mass is 10.2. The minimum absolute atomic E-state index is 0.0879. The van der Waals surface area contributed by atoms with Gasteiger partial charge in [-0.1, -0.05) is 12.1 Å². The average molecular weight is 433 g/mol. The van der Waals surface area contributed by atoms with E-state index in [4.69, 9.17) is 0 Å². The topological polar surface area (TPSA) is 73.8 Å². The summed E-state index contributed by atoms with van der Waals surface area (Å²) in [6.07, 6.45) is 1.69. The van der Waals surface area contributed by atoms with E-state index in [9.17, 15) is 13.2 Å². The molecule has 3 rings (SSSR count). The van der Waals surface area contributed by atoms with Gasteiger partial charge < -0.3 is 4.90 Å². The van der Waals surface area contributed by atoms with Gasteiger partial charge in [0.25, 0.3) is 0 Å². The number of carbonyl (C=O) groups is 1. The molecule has 30 heavy (non-hydrogen) atoms. The fourth-order valence-corrected chi connectivity index (χ4v) is 5.75. The molecule has 0 spiro atoms. The number of nitrogens with zero attached hydrogens (tertiary/aromatic N) is 4. The lowest BCUT2D eigenvalue weighted by molar-refractivity contribution is -0.136. The van der Waals surface area contributed by atoms with Crippen molar-refractivity contribution in [3.63, 3.8) is 0 Å². The highest BCUT2D eigenvalue weighted by atomic mass is 32.2. The molecule has 8 heteroatoms. The maximum Gasteiger partial charge on any atom is 0.245 e. The molecule has 1 aromatic carbocycles. The van der Waals surface area contributed by atoms with Gasteiger partial charge in [0.15, 0.2) is 0 Å². The van der Waals surface area contributed by atoms with Crippen molar-refractivity contribution in [3.05, 3.63) is 36.0 Å². The molecule has 1 aliphatic rings. The first-order chi connectivity index (χ1) is 14.1. The van der Waals surface area contributed by atoms with Gasteiger partial charge in [-0.05, 0) is 52.3 Å². The second-order valence-electron chi connectivity index (χ2n) is 8.51. The Morgan fingerprint density at radius 3 is 2.33 bits per heavy atom. The molecular weight excluding hydrogens is 400 g/mol. The van der Waals surface area contributed by atoms with Crippen LogP contribution in [0.15, 0.2) is 35.4 Å². The van der Waals surface area contributed by atoms with Crippen LogP contribution in [0.4, 0.5) is 0 Å². The molecule has 2 aromatic rings. The zero-order valence-electron chi connectivity index (χ0n) is 18.5. The standard InChI is InChI=1S/C22H32N4O3S/c1-16(2)26(17(3)4)21(27)15-24-9-11-25(12-10-24)30(28,29)20-8-6-7-19-13-18(5)14-23-22(19)20/h6-8,13-14,16-17H,9-12,15H2,1-5H3. The number of aryl methyl sites for hydroxylation is 1. The fourth-order valence-electron chi connectivity index (χ4n) is 4.16. The molecule has 7 nitrogen and oxygen atoms in total. The van der Waals surface area contributed by atoms with E-state index in [-0.39, 0.29) is 22.9 Å². The van der Waals surface area contributed by atoms with Gasteiger partial charge in [-0.2, -0.15) is 4.31 Å². The van der Waals surface area contributed by atoms with Gasteiger partial charge in [0.2, 0.25) is 15.9 Å². The highest BCUT2D eigenvalue weighted by Crippen LogP contribution is 2.25. The summed E-state index contributed by atoms with van der Waals surface area (Å²) in [5.74, 6) is 0.0879. The van der Waals surface area contributed by atoms with Crippen LogP contribution >= 0.6 is 0 Å². The molecule has 1 aliphatic heterocycles. The van der Waals surface area contributed by atoms with E-state index in [1.807, 2.05) is 56.6 Å². The molecule has 0 unspecified atom stereocenters. The van der Waals surface area contributed by atoms with Crippen LogP contribution in [0.5, 0.6) is 0 Å². The number of hydrogen-bond donors (Lipinski definition) is 0. The van der Waals surface area contributed by atoms with E-state index in [0.29, 0.717) is 38.2 Å². The first kappa shape index (κ1) is 22.7. The van der Waals surface area contributed by atoms with E-state index < -0.39 is 10.0 Å². The van der Waals surface area contributed by atoms with Crippen molar-refractivity contribution in [1.29, 1.82) is 0 Å². The minimum atomic E-state index is -3.65. The van der Waals surface area contributed by atoms with Gasteiger partial charge in [-0.15, -0.1) is 0 Å². The summed E-state index contributed by atoms with van der Waals surface area (Å²) in [5, 5.41) is 0.822. The summed E-state index contributed by atoms with van der Waals surface area (Å²) in [4.78, 5) is 21.3. The van der Waals surface area contributed by atoms with Crippen LogP contribution in [-0.4, -0.2) is 78.2 Å². The summed E-state index contributed by atoms with van der Waals surface area (Å²) in [6.45, 7) is 12.1. The van der Waals surface area contributed by atoms with Crippen LogP contribution in [0.25, 0.3) is 10.9 Å². The van der Waals surface area contributed by atoms with Crippen molar-refractivity contribution >= 4 is 26.8 Å².